The van der Waals surface area contributed by atoms with Gasteiger partial charge < -0.3 is 0 Å². The van der Waals surface area contributed by atoms with Crippen LogP contribution in [0.25, 0.3) is 11.1 Å². The van der Waals surface area contributed by atoms with Crippen molar-refractivity contribution in [3.63, 3.8) is 0 Å². The third-order valence-electron chi connectivity index (χ3n) is 3.53. The predicted molar refractivity (Wildman–Crippen MR) is 95.3 cm³/mol. The number of hydrogen-bond acceptors (Lipinski definition) is 1. The van der Waals surface area contributed by atoms with Crippen molar-refractivity contribution in [2.45, 2.75) is 6.92 Å². The van der Waals surface area contributed by atoms with E-state index in [-0.39, 0.29) is 0 Å². The highest BCUT2D eigenvalue weighted by atomic mass is 35.5. The van der Waals surface area contributed by atoms with Crippen molar-refractivity contribution >= 4 is 23.5 Å². The van der Waals surface area contributed by atoms with E-state index in [0.29, 0.717) is 0 Å². The molecule has 0 amide bonds. The first-order valence-corrected chi connectivity index (χ1v) is 7.56. The molecule has 0 unspecified atom stereocenters. The van der Waals surface area contributed by atoms with Crippen LogP contribution in [0.3, 0.4) is 0 Å². The van der Waals surface area contributed by atoms with Gasteiger partial charge in [0.25, 0.3) is 0 Å². The molecule has 0 bridgehead atoms. The Labute approximate surface area is 135 Å². The molecule has 0 aliphatic carbocycles. The van der Waals surface area contributed by atoms with Crippen molar-refractivity contribution < 1.29 is 0 Å². The lowest BCUT2D eigenvalue weighted by molar-refractivity contribution is 1.40. The Morgan fingerprint density at radius 3 is 2.18 bits per heavy atom. The molecule has 2 heteroatoms. The van der Waals surface area contributed by atoms with Crippen LogP contribution in [0.5, 0.6) is 0 Å². The van der Waals surface area contributed by atoms with E-state index in [1.54, 1.807) is 0 Å². The van der Waals surface area contributed by atoms with E-state index in [2.05, 4.69) is 41.4 Å². The Kier molecular flexibility index (Phi) is 4.36. The number of hydrogen-bond donors (Lipinski definition) is 0. The standard InChI is InChI=1S/C20H16ClN/c1-15-13-19(21)11-12-20(15)22-14-16-7-9-18(10-8-16)17-5-3-2-4-6-17/h2-14H,1H3. The second-order valence-electron chi connectivity index (χ2n) is 5.18. The van der Waals surface area contributed by atoms with E-state index in [4.69, 9.17) is 11.6 Å². The molecule has 22 heavy (non-hydrogen) atoms. The molecule has 0 spiro atoms. The number of rotatable bonds is 3. The van der Waals surface area contributed by atoms with Gasteiger partial charge in [0, 0.05) is 11.2 Å². The van der Waals surface area contributed by atoms with Crippen LogP contribution in [0.1, 0.15) is 11.1 Å². The number of aryl methyl sites for hydroxylation is 1. The summed E-state index contributed by atoms with van der Waals surface area (Å²) in [5.74, 6) is 0. The molecule has 108 valence electrons. The fourth-order valence-electron chi connectivity index (χ4n) is 2.30. The Balaban J connectivity index is 1.80. The second-order valence-corrected chi connectivity index (χ2v) is 5.61. The SMILES string of the molecule is Cc1cc(Cl)ccc1N=Cc1ccc(-c2ccccc2)cc1. The zero-order valence-corrected chi connectivity index (χ0v) is 13.1. The molecule has 3 rings (SSSR count). The van der Waals surface area contributed by atoms with Gasteiger partial charge in [-0.2, -0.15) is 0 Å². The molecule has 3 aromatic rings. The average Bonchev–Trinajstić information content (AvgIpc) is 2.55. The summed E-state index contributed by atoms with van der Waals surface area (Å²) in [6.45, 7) is 2.01. The monoisotopic (exact) mass is 305 g/mol. The van der Waals surface area contributed by atoms with E-state index >= 15 is 0 Å². The first-order valence-electron chi connectivity index (χ1n) is 7.18. The molecule has 0 radical (unpaired) electrons. The second kappa shape index (κ2) is 6.59. The third kappa shape index (κ3) is 3.44. The van der Waals surface area contributed by atoms with Crippen molar-refractivity contribution in [2.24, 2.45) is 4.99 Å². The maximum atomic E-state index is 5.96. The normalized spacial score (nSPS) is 11.0. The largest absolute Gasteiger partial charge is 0.256 e. The van der Waals surface area contributed by atoms with Gasteiger partial charge in [0.1, 0.15) is 0 Å². The van der Waals surface area contributed by atoms with E-state index in [1.165, 1.54) is 11.1 Å². The minimum absolute atomic E-state index is 0.740. The van der Waals surface area contributed by atoms with E-state index in [0.717, 1.165) is 21.8 Å². The number of halogens is 1. The van der Waals surface area contributed by atoms with Crippen LogP contribution in [-0.4, -0.2) is 6.21 Å². The van der Waals surface area contributed by atoms with Gasteiger partial charge in [-0.15, -0.1) is 0 Å². The zero-order valence-electron chi connectivity index (χ0n) is 12.3. The lowest BCUT2D eigenvalue weighted by Crippen LogP contribution is -1.83. The summed E-state index contributed by atoms with van der Waals surface area (Å²) in [6.07, 6.45) is 1.88. The Hall–Kier alpha value is -2.38. The van der Waals surface area contributed by atoms with Crippen molar-refractivity contribution in [3.05, 3.63) is 88.9 Å². The van der Waals surface area contributed by atoms with Crippen molar-refractivity contribution in [2.75, 3.05) is 0 Å². The van der Waals surface area contributed by atoms with Crippen LogP contribution in [0.15, 0.2) is 77.8 Å². The first kappa shape index (κ1) is 14.6. The lowest BCUT2D eigenvalue weighted by Gasteiger charge is -2.02. The van der Waals surface area contributed by atoms with E-state index in [9.17, 15) is 0 Å². The summed E-state index contributed by atoms with van der Waals surface area (Å²) in [6, 6.07) is 24.5. The smallest absolute Gasteiger partial charge is 0.0660 e. The minimum atomic E-state index is 0.740. The minimum Gasteiger partial charge on any atom is -0.256 e. The average molecular weight is 306 g/mol. The van der Waals surface area contributed by atoms with Crippen LogP contribution in [0, 0.1) is 6.92 Å². The molecule has 0 saturated carbocycles. The molecular formula is C20H16ClN. The van der Waals surface area contributed by atoms with Gasteiger partial charge in [-0.25, -0.2) is 0 Å². The van der Waals surface area contributed by atoms with Gasteiger partial charge in [-0.1, -0.05) is 66.2 Å². The van der Waals surface area contributed by atoms with Crippen molar-refractivity contribution in [1.29, 1.82) is 0 Å². The van der Waals surface area contributed by atoms with Crippen LogP contribution in [-0.2, 0) is 0 Å². The number of benzene rings is 3. The van der Waals surface area contributed by atoms with Gasteiger partial charge in [-0.3, -0.25) is 4.99 Å². The highest BCUT2D eigenvalue weighted by molar-refractivity contribution is 6.30. The summed E-state index contributed by atoms with van der Waals surface area (Å²) in [7, 11) is 0. The molecule has 0 fully saturated rings. The Morgan fingerprint density at radius 1 is 0.818 bits per heavy atom. The van der Waals surface area contributed by atoms with Gasteiger partial charge in [-0.05, 0) is 47.4 Å². The summed E-state index contributed by atoms with van der Waals surface area (Å²) in [5, 5.41) is 0.740. The molecule has 0 aliphatic heterocycles. The number of aliphatic imine (C=N–C) groups is 1. The number of nitrogens with zero attached hydrogens (tertiary/aromatic N) is 1. The highest BCUT2D eigenvalue weighted by Gasteiger charge is 1.98. The van der Waals surface area contributed by atoms with Gasteiger partial charge >= 0.3 is 0 Å². The van der Waals surface area contributed by atoms with Crippen LogP contribution >= 0.6 is 11.6 Å². The molecule has 0 saturated heterocycles. The maximum Gasteiger partial charge on any atom is 0.0660 e. The predicted octanol–water partition coefficient (Wildman–Crippen LogP) is 6.07. The van der Waals surface area contributed by atoms with Gasteiger partial charge in [0.05, 0.1) is 5.69 Å². The highest BCUT2D eigenvalue weighted by Crippen LogP contribution is 2.23. The van der Waals surface area contributed by atoms with Crippen LogP contribution in [0.2, 0.25) is 5.02 Å². The van der Waals surface area contributed by atoms with Crippen molar-refractivity contribution in [1.82, 2.24) is 0 Å². The lowest BCUT2D eigenvalue weighted by atomic mass is 10.0. The molecule has 0 N–H and O–H groups in total. The van der Waals surface area contributed by atoms with Crippen molar-refractivity contribution in [3.8, 4) is 11.1 Å². The Morgan fingerprint density at radius 2 is 1.50 bits per heavy atom. The summed E-state index contributed by atoms with van der Waals surface area (Å²) >= 11 is 5.96. The van der Waals surface area contributed by atoms with E-state index < -0.39 is 0 Å². The summed E-state index contributed by atoms with van der Waals surface area (Å²) < 4.78 is 0. The topological polar surface area (TPSA) is 12.4 Å². The fourth-order valence-corrected chi connectivity index (χ4v) is 2.53. The summed E-state index contributed by atoms with van der Waals surface area (Å²) in [4.78, 5) is 4.54. The molecule has 0 heterocycles. The molecule has 1 nitrogen and oxygen atoms in total. The fraction of sp³-hybridized carbons (Fsp3) is 0.0500. The van der Waals surface area contributed by atoms with E-state index in [1.807, 2.05) is 49.5 Å². The maximum absolute atomic E-state index is 5.96. The molecule has 0 atom stereocenters. The first-order chi connectivity index (χ1) is 10.7. The third-order valence-corrected chi connectivity index (χ3v) is 3.76. The van der Waals surface area contributed by atoms with Gasteiger partial charge in [0.15, 0.2) is 0 Å². The molecular weight excluding hydrogens is 290 g/mol. The van der Waals surface area contributed by atoms with Crippen LogP contribution in [0.4, 0.5) is 5.69 Å². The molecule has 3 aromatic carbocycles. The quantitative estimate of drug-likeness (QED) is 0.521. The van der Waals surface area contributed by atoms with Gasteiger partial charge in [0.2, 0.25) is 0 Å². The Bertz CT molecular complexity index is 790. The summed E-state index contributed by atoms with van der Waals surface area (Å²) in [5.41, 5.74) is 5.52. The molecule has 0 aromatic heterocycles. The molecule has 0 aliphatic rings. The van der Waals surface area contributed by atoms with Crippen LogP contribution < -0.4 is 0 Å². The zero-order chi connectivity index (χ0) is 15.4.